The van der Waals surface area contributed by atoms with E-state index >= 15 is 0 Å². The maximum absolute atomic E-state index is 11.4. The van der Waals surface area contributed by atoms with Crippen LogP contribution in [0, 0.1) is 0 Å². The molecule has 0 aromatic heterocycles. The number of hydrogen-bond donors (Lipinski definition) is 1. The fourth-order valence-electron chi connectivity index (χ4n) is 2.30. The highest BCUT2D eigenvalue weighted by molar-refractivity contribution is 9.10. The fraction of sp³-hybridized carbons (Fsp3) is 0.133. The van der Waals surface area contributed by atoms with Gasteiger partial charge in [0.05, 0.1) is 11.8 Å². The van der Waals surface area contributed by atoms with Crippen LogP contribution >= 0.6 is 39.1 Å². The molecule has 102 valence electrons. The van der Waals surface area contributed by atoms with Crippen LogP contribution in [0.1, 0.15) is 22.1 Å². The van der Waals surface area contributed by atoms with Crippen LogP contribution in [0.5, 0.6) is 0 Å². The van der Waals surface area contributed by atoms with E-state index < -0.39 is 0 Å². The van der Waals surface area contributed by atoms with Crippen molar-refractivity contribution < 1.29 is 4.79 Å². The first-order valence-electron chi connectivity index (χ1n) is 6.06. The van der Waals surface area contributed by atoms with Crippen molar-refractivity contribution in [1.82, 2.24) is 0 Å². The van der Waals surface area contributed by atoms with Gasteiger partial charge in [-0.05, 0) is 41.0 Å². The third kappa shape index (κ3) is 2.58. The first kappa shape index (κ1) is 13.9. The average Bonchev–Trinajstić information content (AvgIpc) is 2.79. The Hall–Kier alpha value is -1.03. The van der Waals surface area contributed by atoms with Crippen LogP contribution in [0.25, 0.3) is 0 Å². The third-order valence-electron chi connectivity index (χ3n) is 3.28. The molecule has 5 heteroatoms. The normalized spacial score (nSPS) is 14.8. The van der Waals surface area contributed by atoms with Crippen LogP contribution in [0.15, 0.2) is 40.9 Å². The molecule has 0 fully saturated rings. The van der Waals surface area contributed by atoms with Crippen molar-refractivity contribution in [2.75, 3.05) is 5.32 Å². The monoisotopic (exact) mass is 369 g/mol. The van der Waals surface area contributed by atoms with E-state index in [1.165, 1.54) is 0 Å². The second kappa shape index (κ2) is 5.40. The number of carbonyl (C=O) groups is 1. The second-order valence-corrected chi connectivity index (χ2v) is 6.43. The summed E-state index contributed by atoms with van der Waals surface area (Å²) in [5, 5.41) is 3.09. The lowest BCUT2D eigenvalue weighted by Gasteiger charge is -2.13. The van der Waals surface area contributed by atoms with E-state index in [2.05, 4.69) is 21.2 Å². The van der Waals surface area contributed by atoms with Gasteiger partial charge in [0, 0.05) is 15.2 Å². The van der Waals surface area contributed by atoms with Crippen LogP contribution < -0.4 is 5.32 Å². The van der Waals surface area contributed by atoms with Crippen molar-refractivity contribution in [3.8, 4) is 0 Å². The predicted octanol–water partition coefficient (Wildman–Crippen LogP) is 4.93. The molecule has 20 heavy (non-hydrogen) atoms. The highest BCUT2D eigenvalue weighted by Crippen LogP contribution is 2.37. The molecule has 1 heterocycles. The number of amides is 1. The maximum atomic E-state index is 11.4. The van der Waals surface area contributed by atoms with Gasteiger partial charge in [0.25, 0.3) is 0 Å². The quantitative estimate of drug-likeness (QED) is 0.746. The Morgan fingerprint density at radius 1 is 1.20 bits per heavy atom. The number of fused-ring (bicyclic) bond motifs is 1. The van der Waals surface area contributed by atoms with Gasteiger partial charge in [-0.3, -0.25) is 4.79 Å². The van der Waals surface area contributed by atoms with Gasteiger partial charge in [0.2, 0.25) is 5.91 Å². The zero-order valence-electron chi connectivity index (χ0n) is 10.3. The van der Waals surface area contributed by atoms with E-state index in [0.717, 1.165) is 26.9 Å². The summed E-state index contributed by atoms with van der Waals surface area (Å²) in [7, 11) is 0. The average molecular weight is 371 g/mol. The van der Waals surface area contributed by atoms with E-state index in [1.54, 1.807) is 0 Å². The Morgan fingerprint density at radius 3 is 2.80 bits per heavy atom. The van der Waals surface area contributed by atoms with Crippen LogP contribution in [0.4, 0.5) is 5.69 Å². The first-order valence-corrected chi connectivity index (χ1v) is 7.67. The van der Waals surface area contributed by atoms with Crippen molar-refractivity contribution in [3.63, 3.8) is 0 Å². The van der Waals surface area contributed by atoms with E-state index in [0.29, 0.717) is 11.4 Å². The number of anilines is 1. The molecule has 0 saturated heterocycles. The van der Waals surface area contributed by atoms with Gasteiger partial charge >= 0.3 is 0 Å². The molecule has 0 bridgehead atoms. The Kier molecular flexibility index (Phi) is 3.76. The number of benzene rings is 2. The molecule has 2 aromatic rings. The summed E-state index contributed by atoms with van der Waals surface area (Å²) >= 11 is 16.2. The minimum Gasteiger partial charge on any atom is -0.326 e. The lowest BCUT2D eigenvalue weighted by atomic mass is 10.0. The van der Waals surface area contributed by atoms with Gasteiger partial charge in [-0.2, -0.15) is 0 Å². The molecule has 0 radical (unpaired) electrons. The van der Waals surface area contributed by atoms with Gasteiger partial charge in [-0.15, -0.1) is 11.6 Å². The van der Waals surface area contributed by atoms with Crippen LogP contribution in [-0.2, 0) is 11.2 Å². The van der Waals surface area contributed by atoms with Crippen LogP contribution in [0.3, 0.4) is 0 Å². The summed E-state index contributed by atoms with van der Waals surface area (Å²) in [5.41, 5.74) is 3.62. The molecule has 1 amide bonds. The first-order chi connectivity index (χ1) is 9.54. The smallest absolute Gasteiger partial charge is 0.228 e. The molecule has 1 N–H and O–H groups in total. The number of carbonyl (C=O) groups excluding carboxylic acids is 1. The summed E-state index contributed by atoms with van der Waals surface area (Å²) in [6.45, 7) is 0. The minimum absolute atomic E-state index is 0.0174. The van der Waals surface area contributed by atoms with Crippen molar-refractivity contribution >= 4 is 50.7 Å². The zero-order valence-corrected chi connectivity index (χ0v) is 13.4. The summed E-state index contributed by atoms with van der Waals surface area (Å²) < 4.78 is 0.931. The SMILES string of the molecule is O=C1Cc2cc(C(Cl)c3cc(Br)ccc3Cl)ccc2N1. The highest BCUT2D eigenvalue weighted by Gasteiger charge is 2.21. The molecule has 0 spiro atoms. The van der Waals surface area contributed by atoms with Crippen LogP contribution in [0.2, 0.25) is 5.02 Å². The summed E-state index contributed by atoms with van der Waals surface area (Å²) in [4.78, 5) is 11.4. The van der Waals surface area contributed by atoms with Gasteiger partial charge in [0.1, 0.15) is 0 Å². The molecular weight excluding hydrogens is 361 g/mol. The lowest BCUT2D eigenvalue weighted by molar-refractivity contribution is -0.115. The van der Waals surface area contributed by atoms with E-state index in [1.807, 2.05) is 36.4 Å². The molecular formula is C15H10BrCl2NO. The van der Waals surface area contributed by atoms with Crippen LogP contribution in [-0.4, -0.2) is 5.91 Å². The maximum Gasteiger partial charge on any atom is 0.228 e. The van der Waals surface area contributed by atoms with Crippen molar-refractivity contribution in [3.05, 3.63) is 62.6 Å². The van der Waals surface area contributed by atoms with E-state index in [4.69, 9.17) is 23.2 Å². The molecule has 1 aliphatic rings. The van der Waals surface area contributed by atoms with Gasteiger partial charge < -0.3 is 5.32 Å². The number of rotatable bonds is 2. The standard InChI is InChI=1S/C15H10BrCl2NO/c16-10-2-3-12(17)11(7-10)15(18)8-1-4-13-9(5-8)6-14(20)19-13/h1-5,7,15H,6H2,(H,19,20). The van der Waals surface area contributed by atoms with E-state index in [9.17, 15) is 4.79 Å². The van der Waals surface area contributed by atoms with Crippen molar-refractivity contribution in [2.45, 2.75) is 11.8 Å². The van der Waals surface area contributed by atoms with Gasteiger partial charge in [-0.1, -0.05) is 39.7 Å². The third-order valence-corrected chi connectivity index (χ3v) is 4.60. The zero-order chi connectivity index (χ0) is 14.3. The Labute approximate surface area is 135 Å². The van der Waals surface area contributed by atoms with Gasteiger partial charge in [-0.25, -0.2) is 0 Å². The predicted molar refractivity (Wildman–Crippen MR) is 85.6 cm³/mol. The topological polar surface area (TPSA) is 29.1 Å². The molecule has 0 saturated carbocycles. The number of halogens is 3. The van der Waals surface area contributed by atoms with Crippen molar-refractivity contribution in [2.24, 2.45) is 0 Å². The highest BCUT2D eigenvalue weighted by atomic mass is 79.9. The molecule has 2 nitrogen and oxygen atoms in total. The molecule has 3 rings (SSSR count). The number of alkyl halides is 1. The minimum atomic E-state index is -0.346. The van der Waals surface area contributed by atoms with Gasteiger partial charge in [0.15, 0.2) is 0 Å². The number of hydrogen-bond acceptors (Lipinski definition) is 1. The van der Waals surface area contributed by atoms with E-state index in [-0.39, 0.29) is 11.3 Å². The molecule has 0 aliphatic carbocycles. The molecule has 1 aliphatic heterocycles. The summed E-state index contributed by atoms with van der Waals surface area (Å²) in [6, 6.07) is 11.4. The lowest BCUT2D eigenvalue weighted by Crippen LogP contribution is -2.03. The Bertz CT molecular complexity index is 702. The van der Waals surface area contributed by atoms with Crippen molar-refractivity contribution in [1.29, 1.82) is 0 Å². The summed E-state index contributed by atoms with van der Waals surface area (Å²) in [5.74, 6) is 0.0174. The molecule has 2 aromatic carbocycles. The summed E-state index contributed by atoms with van der Waals surface area (Å²) in [6.07, 6.45) is 0.402. The Balaban J connectivity index is 1.99. The fourth-order valence-corrected chi connectivity index (χ4v) is 3.27. The largest absolute Gasteiger partial charge is 0.326 e. The second-order valence-electron chi connectivity index (χ2n) is 4.67. The Morgan fingerprint density at radius 2 is 2.00 bits per heavy atom. The number of nitrogens with one attached hydrogen (secondary N) is 1. The molecule has 1 unspecified atom stereocenters. The molecule has 1 atom stereocenters.